The van der Waals surface area contributed by atoms with Crippen molar-refractivity contribution in [3.05, 3.63) is 24.0 Å². The van der Waals surface area contributed by atoms with Crippen LogP contribution in [-0.4, -0.2) is 40.3 Å². The van der Waals surface area contributed by atoms with Crippen LogP contribution >= 0.6 is 0 Å². The highest BCUT2D eigenvalue weighted by molar-refractivity contribution is 5.91. The van der Waals surface area contributed by atoms with Gasteiger partial charge in [-0.05, 0) is 52.7 Å². The molecule has 1 aliphatic heterocycles. The second kappa shape index (κ2) is 6.74. The van der Waals surface area contributed by atoms with E-state index in [-0.39, 0.29) is 18.2 Å². The maximum atomic E-state index is 13.5. The molecule has 2 amide bonds. The van der Waals surface area contributed by atoms with Crippen LogP contribution in [0, 0.1) is 5.82 Å². The quantitative estimate of drug-likeness (QED) is 0.892. The van der Waals surface area contributed by atoms with Crippen molar-refractivity contribution in [2.75, 3.05) is 11.9 Å². The third-order valence-corrected chi connectivity index (χ3v) is 3.88. The maximum absolute atomic E-state index is 13.5. The summed E-state index contributed by atoms with van der Waals surface area (Å²) in [6.45, 7) is 7.67. The van der Waals surface area contributed by atoms with E-state index in [2.05, 4.69) is 5.32 Å². The molecule has 1 atom stereocenters. The van der Waals surface area contributed by atoms with Gasteiger partial charge in [-0.25, -0.2) is 9.18 Å². The molecule has 5 nitrogen and oxygen atoms in total. The smallest absolute Gasteiger partial charge is 0.322 e. The van der Waals surface area contributed by atoms with Crippen molar-refractivity contribution < 1.29 is 19.0 Å². The third-order valence-electron chi connectivity index (χ3n) is 3.88. The highest BCUT2D eigenvalue weighted by Gasteiger charge is 2.38. The van der Waals surface area contributed by atoms with E-state index in [0.29, 0.717) is 18.0 Å². The monoisotopic (exact) mass is 324 g/mol. The molecular formula is C17H25FN2O3. The van der Waals surface area contributed by atoms with Gasteiger partial charge in [0, 0.05) is 12.6 Å². The summed E-state index contributed by atoms with van der Waals surface area (Å²) in [5.41, 5.74) is -0.683. The molecule has 1 heterocycles. The molecule has 1 aromatic carbocycles. The zero-order valence-electron chi connectivity index (χ0n) is 14.1. The van der Waals surface area contributed by atoms with E-state index >= 15 is 0 Å². The lowest BCUT2D eigenvalue weighted by molar-refractivity contribution is 0.0117. The van der Waals surface area contributed by atoms with Gasteiger partial charge in [-0.3, -0.25) is 0 Å². The van der Waals surface area contributed by atoms with Crippen LogP contribution in [0.4, 0.5) is 14.9 Å². The lowest BCUT2D eigenvalue weighted by Crippen LogP contribution is -2.49. The van der Waals surface area contributed by atoms with E-state index in [1.165, 1.54) is 18.2 Å². The van der Waals surface area contributed by atoms with E-state index < -0.39 is 11.4 Å². The average molecular weight is 324 g/mol. The normalized spacial score (nSPS) is 18.4. The first-order chi connectivity index (χ1) is 10.7. The van der Waals surface area contributed by atoms with E-state index in [1.807, 2.05) is 13.8 Å². The number of amides is 2. The van der Waals surface area contributed by atoms with Gasteiger partial charge in [0.25, 0.3) is 0 Å². The van der Waals surface area contributed by atoms with Crippen LogP contribution < -0.4 is 10.1 Å². The molecule has 0 aromatic heterocycles. The number of nitrogens with zero attached hydrogens (tertiary/aromatic N) is 1. The van der Waals surface area contributed by atoms with Gasteiger partial charge < -0.3 is 20.1 Å². The van der Waals surface area contributed by atoms with Crippen LogP contribution in [0.1, 0.15) is 40.5 Å². The fourth-order valence-corrected chi connectivity index (χ4v) is 2.89. The number of anilines is 1. The Hall–Kier alpha value is -1.82. The molecule has 0 radical (unpaired) electrons. The number of hydrogen-bond acceptors (Lipinski definition) is 3. The standard InChI is InChI=1S/C17H25FN2O3/c1-11(2)23-14-8-7-12(18)10-13(14)19-16(21)20-9-5-6-15(20)17(3,4)22/h7-8,10-11,15,22H,5-6,9H2,1-4H3,(H,19,21). The molecule has 0 spiro atoms. The molecule has 23 heavy (non-hydrogen) atoms. The number of rotatable bonds is 4. The Balaban J connectivity index is 2.18. The molecule has 1 unspecified atom stereocenters. The highest BCUT2D eigenvalue weighted by Crippen LogP contribution is 2.30. The predicted molar refractivity (Wildman–Crippen MR) is 87.2 cm³/mol. The zero-order valence-corrected chi connectivity index (χ0v) is 14.1. The lowest BCUT2D eigenvalue weighted by atomic mass is 9.97. The minimum Gasteiger partial charge on any atom is -0.489 e. The molecule has 1 saturated heterocycles. The first kappa shape index (κ1) is 17.5. The van der Waals surface area contributed by atoms with Crippen molar-refractivity contribution in [3.63, 3.8) is 0 Å². The molecule has 0 saturated carbocycles. The van der Waals surface area contributed by atoms with E-state index in [9.17, 15) is 14.3 Å². The summed E-state index contributed by atoms with van der Waals surface area (Å²) < 4.78 is 19.1. The predicted octanol–water partition coefficient (Wildman–Crippen LogP) is 3.38. The first-order valence-electron chi connectivity index (χ1n) is 7.94. The van der Waals surface area contributed by atoms with E-state index in [0.717, 1.165) is 12.8 Å². The number of nitrogens with one attached hydrogen (secondary N) is 1. The number of likely N-dealkylation sites (tertiary alicyclic amines) is 1. The highest BCUT2D eigenvalue weighted by atomic mass is 19.1. The number of ether oxygens (including phenoxy) is 1. The SMILES string of the molecule is CC(C)Oc1ccc(F)cc1NC(=O)N1CCCC1C(C)(C)O. The lowest BCUT2D eigenvalue weighted by Gasteiger charge is -2.33. The van der Waals surface area contributed by atoms with Crippen LogP contribution in [0.25, 0.3) is 0 Å². The van der Waals surface area contributed by atoms with Gasteiger partial charge >= 0.3 is 6.03 Å². The minimum atomic E-state index is -0.979. The Labute approximate surface area is 136 Å². The van der Waals surface area contributed by atoms with Crippen molar-refractivity contribution in [1.29, 1.82) is 0 Å². The van der Waals surface area contributed by atoms with Gasteiger partial charge in [0.05, 0.1) is 23.4 Å². The van der Waals surface area contributed by atoms with Crippen molar-refractivity contribution in [2.24, 2.45) is 0 Å². The van der Waals surface area contributed by atoms with Gasteiger partial charge in [-0.1, -0.05) is 0 Å². The minimum absolute atomic E-state index is 0.0907. The molecular weight excluding hydrogens is 299 g/mol. The number of benzene rings is 1. The van der Waals surface area contributed by atoms with Crippen molar-refractivity contribution in [3.8, 4) is 5.75 Å². The van der Waals surface area contributed by atoms with Crippen molar-refractivity contribution >= 4 is 11.7 Å². The molecule has 1 aromatic rings. The second-order valence-electron chi connectivity index (χ2n) is 6.74. The molecule has 6 heteroatoms. The number of carbonyl (C=O) groups is 1. The Bertz CT molecular complexity index is 569. The molecule has 1 aliphatic rings. The Morgan fingerprint density at radius 2 is 2.17 bits per heavy atom. The fourth-order valence-electron chi connectivity index (χ4n) is 2.89. The number of hydrogen-bond donors (Lipinski definition) is 2. The van der Waals surface area contributed by atoms with Crippen LogP contribution in [0.3, 0.4) is 0 Å². The van der Waals surface area contributed by atoms with Gasteiger partial charge in [-0.2, -0.15) is 0 Å². The van der Waals surface area contributed by atoms with Crippen molar-refractivity contribution in [2.45, 2.75) is 58.3 Å². The summed E-state index contributed by atoms with van der Waals surface area (Å²) in [6.07, 6.45) is 1.49. The summed E-state index contributed by atoms with van der Waals surface area (Å²) >= 11 is 0. The van der Waals surface area contributed by atoms with Crippen LogP contribution in [0.5, 0.6) is 5.75 Å². The largest absolute Gasteiger partial charge is 0.489 e. The van der Waals surface area contributed by atoms with Crippen LogP contribution in [0.15, 0.2) is 18.2 Å². The molecule has 128 valence electrons. The van der Waals surface area contributed by atoms with Gasteiger partial charge in [-0.15, -0.1) is 0 Å². The summed E-state index contributed by atoms with van der Waals surface area (Å²) in [5, 5.41) is 12.9. The van der Waals surface area contributed by atoms with E-state index in [1.54, 1.807) is 18.7 Å². The van der Waals surface area contributed by atoms with Crippen molar-refractivity contribution in [1.82, 2.24) is 4.90 Å². The van der Waals surface area contributed by atoms with Crippen LogP contribution in [0.2, 0.25) is 0 Å². The Kier molecular flexibility index (Phi) is 5.14. The molecule has 0 aliphatic carbocycles. The topological polar surface area (TPSA) is 61.8 Å². The summed E-state index contributed by atoms with van der Waals surface area (Å²) in [4.78, 5) is 14.1. The number of carbonyl (C=O) groups excluding carboxylic acids is 1. The van der Waals surface area contributed by atoms with Gasteiger partial charge in [0.15, 0.2) is 0 Å². The molecule has 0 bridgehead atoms. The second-order valence-corrected chi connectivity index (χ2v) is 6.74. The summed E-state index contributed by atoms with van der Waals surface area (Å²) in [5.74, 6) is -0.0226. The molecule has 1 fully saturated rings. The number of aliphatic hydroxyl groups is 1. The van der Waals surface area contributed by atoms with Gasteiger partial charge in [0.2, 0.25) is 0 Å². The maximum Gasteiger partial charge on any atom is 0.322 e. The summed E-state index contributed by atoms with van der Waals surface area (Å²) in [6, 6.07) is 3.43. The Morgan fingerprint density at radius 1 is 1.48 bits per heavy atom. The average Bonchev–Trinajstić information content (AvgIpc) is 2.90. The Morgan fingerprint density at radius 3 is 2.78 bits per heavy atom. The number of urea groups is 1. The van der Waals surface area contributed by atoms with Gasteiger partial charge in [0.1, 0.15) is 11.6 Å². The molecule has 2 rings (SSSR count). The van der Waals surface area contributed by atoms with E-state index in [4.69, 9.17) is 4.74 Å². The fraction of sp³-hybridized carbons (Fsp3) is 0.588. The molecule has 2 N–H and O–H groups in total. The third kappa shape index (κ3) is 4.34. The van der Waals surface area contributed by atoms with Crippen LogP contribution in [-0.2, 0) is 0 Å². The zero-order chi connectivity index (χ0) is 17.2. The first-order valence-corrected chi connectivity index (χ1v) is 7.94. The summed E-state index contributed by atoms with van der Waals surface area (Å²) in [7, 11) is 0. The number of halogens is 1.